The van der Waals surface area contributed by atoms with E-state index in [1.165, 1.54) is 0 Å². The molecular weight excluding hydrogens is 182 g/mol. The summed E-state index contributed by atoms with van der Waals surface area (Å²) in [5.41, 5.74) is 0.914. The highest BCUT2D eigenvalue weighted by Gasteiger charge is 2.04. The van der Waals surface area contributed by atoms with E-state index in [0.717, 1.165) is 5.56 Å². The van der Waals surface area contributed by atoms with Gasteiger partial charge < -0.3 is 20.6 Å². The number of rotatable bonds is 5. The Morgan fingerprint density at radius 3 is 2.50 bits per heavy atom. The van der Waals surface area contributed by atoms with E-state index in [1.54, 1.807) is 18.2 Å². The van der Waals surface area contributed by atoms with Crippen LogP contribution >= 0.6 is 0 Å². The van der Waals surface area contributed by atoms with Crippen LogP contribution in [0.5, 0.6) is 5.75 Å². The van der Waals surface area contributed by atoms with E-state index in [-0.39, 0.29) is 25.0 Å². The van der Waals surface area contributed by atoms with Gasteiger partial charge in [0.25, 0.3) is 0 Å². The topological polar surface area (TPSA) is 72.7 Å². The van der Waals surface area contributed by atoms with Crippen molar-refractivity contribution < 1.29 is 15.3 Å². The first-order valence-electron chi connectivity index (χ1n) is 4.49. The van der Waals surface area contributed by atoms with E-state index in [2.05, 4.69) is 5.32 Å². The fourth-order valence-corrected chi connectivity index (χ4v) is 1.12. The van der Waals surface area contributed by atoms with Crippen LogP contribution in [-0.4, -0.2) is 34.6 Å². The Hall–Kier alpha value is -1.10. The largest absolute Gasteiger partial charge is 0.508 e. The number of hydrogen-bond donors (Lipinski definition) is 4. The number of aromatic hydroxyl groups is 1. The van der Waals surface area contributed by atoms with Crippen molar-refractivity contribution >= 4 is 0 Å². The van der Waals surface area contributed by atoms with Gasteiger partial charge in [0.05, 0.1) is 19.3 Å². The summed E-state index contributed by atoms with van der Waals surface area (Å²) in [6.45, 7) is 0.310. The Labute approximate surface area is 82.8 Å². The van der Waals surface area contributed by atoms with Crippen LogP contribution in [0.1, 0.15) is 5.56 Å². The number of phenolic OH excluding ortho intramolecular Hbond substituents is 1. The summed E-state index contributed by atoms with van der Waals surface area (Å²) in [5, 5.41) is 29.7. The summed E-state index contributed by atoms with van der Waals surface area (Å²) in [6.07, 6.45) is 0. The number of benzene rings is 1. The average molecular weight is 197 g/mol. The minimum absolute atomic E-state index is 0.102. The van der Waals surface area contributed by atoms with Gasteiger partial charge in [0.15, 0.2) is 0 Å². The Bertz CT molecular complexity index is 274. The first-order chi connectivity index (χ1) is 6.76. The predicted octanol–water partition coefficient (Wildman–Crippen LogP) is -0.165. The first-order valence-corrected chi connectivity index (χ1v) is 4.49. The Kier molecular flexibility index (Phi) is 4.39. The van der Waals surface area contributed by atoms with Crippen molar-refractivity contribution in [2.45, 2.75) is 12.6 Å². The van der Waals surface area contributed by atoms with Gasteiger partial charge in [-0.25, -0.2) is 0 Å². The molecule has 1 aromatic carbocycles. The highest BCUT2D eigenvalue weighted by molar-refractivity contribution is 5.26. The van der Waals surface area contributed by atoms with Crippen LogP contribution in [0.25, 0.3) is 0 Å². The van der Waals surface area contributed by atoms with E-state index < -0.39 is 0 Å². The summed E-state index contributed by atoms with van der Waals surface area (Å²) in [7, 11) is 0. The second-order valence-corrected chi connectivity index (χ2v) is 3.11. The number of nitrogens with one attached hydrogen (secondary N) is 1. The fraction of sp³-hybridized carbons (Fsp3) is 0.400. The molecule has 0 aliphatic carbocycles. The van der Waals surface area contributed by atoms with Gasteiger partial charge in [-0.3, -0.25) is 0 Å². The molecule has 0 saturated heterocycles. The van der Waals surface area contributed by atoms with Gasteiger partial charge in [-0.1, -0.05) is 12.1 Å². The second-order valence-electron chi connectivity index (χ2n) is 3.11. The van der Waals surface area contributed by atoms with Crippen molar-refractivity contribution in [1.29, 1.82) is 0 Å². The SMILES string of the molecule is OCC(CO)NCc1cccc(O)c1. The summed E-state index contributed by atoms with van der Waals surface area (Å²) in [5.74, 6) is 0.217. The quantitative estimate of drug-likeness (QED) is 0.529. The van der Waals surface area contributed by atoms with E-state index in [0.29, 0.717) is 6.54 Å². The zero-order chi connectivity index (χ0) is 10.4. The number of aliphatic hydroxyl groups is 2. The molecule has 0 spiro atoms. The highest BCUT2D eigenvalue weighted by Crippen LogP contribution is 2.10. The molecule has 0 heterocycles. The maximum absolute atomic E-state index is 9.17. The number of hydrogen-bond acceptors (Lipinski definition) is 4. The lowest BCUT2D eigenvalue weighted by Gasteiger charge is -2.12. The molecule has 0 fully saturated rings. The standard InChI is InChI=1S/C10H15NO3/c12-6-9(7-13)11-5-8-2-1-3-10(14)4-8/h1-4,9,11-14H,5-7H2. The molecule has 0 aliphatic heterocycles. The fourth-order valence-electron chi connectivity index (χ4n) is 1.12. The third kappa shape index (κ3) is 3.33. The van der Waals surface area contributed by atoms with E-state index in [1.807, 2.05) is 6.07 Å². The number of aliphatic hydroxyl groups excluding tert-OH is 2. The number of phenols is 1. The van der Waals surface area contributed by atoms with Crippen LogP contribution in [0, 0.1) is 0 Å². The summed E-state index contributed by atoms with van der Waals surface area (Å²) in [6, 6.07) is 6.53. The summed E-state index contributed by atoms with van der Waals surface area (Å²) < 4.78 is 0. The highest BCUT2D eigenvalue weighted by atomic mass is 16.3. The van der Waals surface area contributed by atoms with Crippen molar-refractivity contribution in [2.24, 2.45) is 0 Å². The van der Waals surface area contributed by atoms with Crippen molar-refractivity contribution in [2.75, 3.05) is 13.2 Å². The third-order valence-electron chi connectivity index (χ3n) is 1.95. The molecule has 0 aliphatic rings. The van der Waals surface area contributed by atoms with Gasteiger partial charge in [-0.05, 0) is 17.7 Å². The Morgan fingerprint density at radius 2 is 1.93 bits per heavy atom. The molecule has 0 atom stereocenters. The van der Waals surface area contributed by atoms with Gasteiger partial charge in [-0.2, -0.15) is 0 Å². The van der Waals surface area contributed by atoms with Crippen LogP contribution in [0.4, 0.5) is 0 Å². The minimum atomic E-state index is -0.308. The first kappa shape index (κ1) is 11.0. The molecule has 0 radical (unpaired) electrons. The van der Waals surface area contributed by atoms with Gasteiger partial charge in [0, 0.05) is 6.54 Å². The van der Waals surface area contributed by atoms with Crippen molar-refractivity contribution in [1.82, 2.24) is 5.32 Å². The predicted molar refractivity (Wildman–Crippen MR) is 52.9 cm³/mol. The molecular formula is C10H15NO3. The van der Waals surface area contributed by atoms with Crippen molar-refractivity contribution in [3.8, 4) is 5.75 Å². The second kappa shape index (κ2) is 5.59. The van der Waals surface area contributed by atoms with E-state index in [9.17, 15) is 0 Å². The van der Waals surface area contributed by atoms with Gasteiger partial charge in [-0.15, -0.1) is 0 Å². The Balaban J connectivity index is 2.44. The Morgan fingerprint density at radius 1 is 1.21 bits per heavy atom. The molecule has 1 rings (SSSR count). The minimum Gasteiger partial charge on any atom is -0.508 e. The smallest absolute Gasteiger partial charge is 0.115 e. The molecule has 78 valence electrons. The van der Waals surface area contributed by atoms with Crippen LogP contribution in [-0.2, 0) is 6.54 Å². The molecule has 4 N–H and O–H groups in total. The summed E-state index contributed by atoms with van der Waals surface area (Å²) >= 11 is 0. The molecule has 0 saturated carbocycles. The molecule has 14 heavy (non-hydrogen) atoms. The lowest BCUT2D eigenvalue weighted by molar-refractivity contribution is 0.170. The van der Waals surface area contributed by atoms with Crippen LogP contribution in [0.3, 0.4) is 0 Å². The lowest BCUT2D eigenvalue weighted by Crippen LogP contribution is -2.35. The van der Waals surface area contributed by atoms with Crippen LogP contribution in [0.15, 0.2) is 24.3 Å². The van der Waals surface area contributed by atoms with E-state index in [4.69, 9.17) is 15.3 Å². The normalized spacial score (nSPS) is 10.8. The van der Waals surface area contributed by atoms with Crippen molar-refractivity contribution in [3.63, 3.8) is 0 Å². The summed E-state index contributed by atoms with van der Waals surface area (Å²) in [4.78, 5) is 0. The average Bonchev–Trinajstić information content (AvgIpc) is 2.19. The van der Waals surface area contributed by atoms with Gasteiger partial charge >= 0.3 is 0 Å². The molecule has 0 bridgehead atoms. The van der Waals surface area contributed by atoms with E-state index >= 15 is 0 Å². The van der Waals surface area contributed by atoms with Crippen LogP contribution < -0.4 is 5.32 Å². The molecule has 0 unspecified atom stereocenters. The van der Waals surface area contributed by atoms with Crippen LogP contribution in [0.2, 0.25) is 0 Å². The molecule has 1 aromatic rings. The maximum Gasteiger partial charge on any atom is 0.115 e. The molecule has 0 amide bonds. The molecule has 0 aromatic heterocycles. The monoisotopic (exact) mass is 197 g/mol. The van der Waals surface area contributed by atoms with Crippen molar-refractivity contribution in [3.05, 3.63) is 29.8 Å². The zero-order valence-corrected chi connectivity index (χ0v) is 7.85. The third-order valence-corrected chi connectivity index (χ3v) is 1.95. The molecule has 4 heteroatoms. The maximum atomic E-state index is 9.17. The zero-order valence-electron chi connectivity index (χ0n) is 7.85. The molecule has 4 nitrogen and oxygen atoms in total. The lowest BCUT2D eigenvalue weighted by atomic mass is 10.2. The van der Waals surface area contributed by atoms with Gasteiger partial charge in [0.1, 0.15) is 5.75 Å². The van der Waals surface area contributed by atoms with Gasteiger partial charge in [0.2, 0.25) is 0 Å².